The van der Waals surface area contributed by atoms with Gasteiger partial charge >= 0.3 is 5.97 Å². The molecule has 1 saturated heterocycles. The Labute approximate surface area is 113 Å². The largest absolute Gasteiger partial charge is 0.480 e. The summed E-state index contributed by atoms with van der Waals surface area (Å²) < 4.78 is 5.91. The number of aliphatic carboxylic acids is 1. The van der Waals surface area contributed by atoms with E-state index in [2.05, 4.69) is 15.9 Å². The van der Waals surface area contributed by atoms with Crippen LogP contribution in [0.5, 0.6) is 0 Å². The van der Waals surface area contributed by atoms with Crippen molar-refractivity contribution in [3.05, 3.63) is 28.2 Å². The molecule has 0 radical (unpaired) electrons. The van der Waals surface area contributed by atoms with Gasteiger partial charge in [0.25, 0.3) is 0 Å². The average molecular weight is 311 g/mol. The summed E-state index contributed by atoms with van der Waals surface area (Å²) in [5, 5.41) is 18.0. The van der Waals surface area contributed by atoms with Gasteiger partial charge in [-0.05, 0) is 34.1 Å². The lowest BCUT2D eigenvalue weighted by atomic mass is 10.1. The highest BCUT2D eigenvalue weighted by atomic mass is 79.9. The van der Waals surface area contributed by atoms with Crippen LogP contribution in [0.4, 0.5) is 5.69 Å². The van der Waals surface area contributed by atoms with Crippen molar-refractivity contribution in [2.45, 2.75) is 6.04 Å². The van der Waals surface area contributed by atoms with Gasteiger partial charge in [-0.1, -0.05) is 0 Å². The Kier molecular flexibility index (Phi) is 3.84. The highest BCUT2D eigenvalue weighted by molar-refractivity contribution is 9.10. The van der Waals surface area contributed by atoms with Crippen LogP contribution < -0.4 is 4.90 Å². The van der Waals surface area contributed by atoms with Crippen LogP contribution in [0.15, 0.2) is 22.7 Å². The van der Waals surface area contributed by atoms with E-state index < -0.39 is 12.0 Å². The standard InChI is InChI=1S/C12H11BrN2O3/c13-9-5-8(6-14)1-2-10(9)15-3-4-18-7-11(15)12(16)17/h1-2,5,11H,3-4,7H2,(H,16,17). The molecule has 1 fully saturated rings. The Balaban J connectivity index is 2.34. The van der Waals surface area contributed by atoms with Crippen LogP contribution in [0.25, 0.3) is 0 Å². The number of carboxylic acids is 1. The number of nitrogens with zero attached hydrogens (tertiary/aromatic N) is 2. The molecule has 1 heterocycles. The van der Waals surface area contributed by atoms with Gasteiger partial charge in [0.1, 0.15) is 0 Å². The van der Waals surface area contributed by atoms with Crippen LogP contribution in [0.1, 0.15) is 5.56 Å². The summed E-state index contributed by atoms with van der Waals surface area (Å²) in [6.07, 6.45) is 0. The molecular formula is C12H11BrN2O3. The number of morpholine rings is 1. The summed E-state index contributed by atoms with van der Waals surface area (Å²) >= 11 is 3.37. The van der Waals surface area contributed by atoms with Crippen molar-refractivity contribution >= 4 is 27.6 Å². The molecule has 0 amide bonds. The summed E-state index contributed by atoms with van der Waals surface area (Å²) in [5.74, 6) is -0.911. The predicted octanol–water partition coefficient (Wildman–Crippen LogP) is 1.61. The van der Waals surface area contributed by atoms with Gasteiger partial charge in [-0.15, -0.1) is 0 Å². The van der Waals surface area contributed by atoms with E-state index in [1.54, 1.807) is 23.1 Å². The Bertz CT molecular complexity index is 513. The Hall–Kier alpha value is -1.58. The van der Waals surface area contributed by atoms with Crippen LogP contribution in [0.3, 0.4) is 0 Å². The molecule has 1 N–H and O–H groups in total. The molecular weight excluding hydrogens is 300 g/mol. The first-order valence-electron chi connectivity index (χ1n) is 5.40. The number of ether oxygens (including phenoxy) is 1. The molecule has 1 atom stereocenters. The minimum absolute atomic E-state index is 0.168. The normalized spacial score (nSPS) is 19.3. The summed E-state index contributed by atoms with van der Waals surface area (Å²) in [7, 11) is 0. The zero-order valence-corrected chi connectivity index (χ0v) is 11.1. The van der Waals surface area contributed by atoms with Crippen molar-refractivity contribution in [1.29, 1.82) is 5.26 Å². The molecule has 0 bridgehead atoms. The van der Waals surface area contributed by atoms with Gasteiger partial charge < -0.3 is 14.7 Å². The molecule has 0 saturated carbocycles. The minimum atomic E-state index is -0.911. The number of nitriles is 1. The van der Waals surface area contributed by atoms with Crippen molar-refractivity contribution in [2.24, 2.45) is 0 Å². The van der Waals surface area contributed by atoms with Crippen molar-refractivity contribution < 1.29 is 14.6 Å². The van der Waals surface area contributed by atoms with Crippen molar-refractivity contribution in [3.8, 4) is 6.07 Å². The molecule has 1 aromatic rings. The van der Waals surface area contributed by atoms with Crippen LogP contribution in [-0.4, -0.2) is 36.9 Å². The first-order valence-corrected chi connectivity index (χ1v) is 6.19. The average Bonchev–Trinajstić information content (AvgIpc) is 2.38. The molecule has 18 heavy (non-hydrogen) atoms. The second-order valence-electron chi connectivity index (χ2n) is 3.90. The molecule has 1 aromatic carbocycles. The fourth-order valence-electron chi connectivity index (χ4n) is 1.91. The smallest absolute Gasteiger partial charge is 0.328 e. The Morgan fingerprint density at radius 1 is 1.61 bits per heavy atom. The van der Waals surface area contributed by atoms with Crippen molar-refractivity contribution in [2.75, 3.05) is 24.7 Å². The first kappa shape index (κ1) is 12.9. The second-order valence-corrected chi connectivity index (χ2v) is 4.75. The lowest BCUT2D eigenvalue weighted by Gasteiger charge is -2.35. The van der Waals surface area contributed by atoms with Gasteiger partial charge in [0, 0.05) is 11.0 Å². The molecule has 6 heteroatoms. The van der Waals surface area contributed by atoms with Gasteiger partial charge in [-0.2, -0.15) is 5.26 Å². The number of halogens is 1. The van der Waals surface area contributed by atoms with E-state index in [1.807, 2.05) is 6.07 Å². The number of rotatable bonds is 2. The number of carbonyl (C=O) groups is 1. The monoisotopic (exact) mass is 310 g/mol. The highest BCUT2D eigenvalue weighted by Gasteiger charge is 2.30. The molecule has 0 aliphatic carbocycles. The maximum absolute atomic E-state index is 11.2. The van der Waals surface area contributed by atoms with E-state index in [0.717, 1.165) is 10.2 Å². The molecule has 1 aliphatic heterocycles. The number of anilines is 1. The van der Waals surface area contributed by atoms with Crippen LogP contribution in [-0.2, 0) is 9.53 Å². The maximum atomic E-state index is 11.2. The number of hydrogen-bond acceptors (Lipinski definition) is 4. The summed E-state index contributed by atoms with van der Waals surface area (Å²) in [4.78, 5) is 13.0. The third kappa shape index (κ3) is 2.47. The van der Waals surface area contributed by atoms with Gasteiger partial charge in [0.05, 0.1) is 30.5 Å². The van der Waals surface area contributed by atoms with Crippen LogP contribution >= 0.6 is 15.9 Å². The Morgan fingerprint density at radius 3 is 3.00 bits per heavy atom. The SMILES string of the molecule is N#Cc1ccc(N2CCOCC2C(=O)O)c(Br)c1. The van der Waals surface area contributed by atoms with Gasteiger partial charge in [0.2, 0.25) is 0 Å². The molecule has 1 unspecified atom stereocenters. The topological polar surface area (TPSA) is 73.6 Å². The number of benzene rings is 1. The number of hydrogen-bond donors (Lipinski definition) is 1. The molecule has 1 aliphatic rings. The fraction of sp³-hybridized carbons (Fsp3) is 0.333. The van der Waals surface area contributed by atoms with Crippen LogP contribution in [0.2, 0.25) is 0 Å². The molecule has 94 valence electrons. The summed E-state index contributed by atoms with van der Waals surface area (Å²) in [6.45, 7) is 1.18. The van der Waals surface area contributed by atoms with E-state index in [1.165, 1.54) is 0 Å². The zero-order valence-electron chi connectivity index (χ0n) is 9.47. The second kappa shape index (κ2) is 5.38. The van der Waals surface area contributed by atoms with Crippen molar-refractivity contribution in [1.82, 2.24) is 0 Å². The lowest BCUT2D eigenvalue weighted by molar-refractivity contribution is -0.141. The van der Waals surface area contributed by atoms with E-state index in [4.69, 9.17) is 10.00 Å². The summed E-state index contributed by atoms with van der Waals surface area (Å²) in [5.41, 5.74) is 1.30. The Morgan fingerprint density at radius 2 is 2.39 bits per heavy atom. The third-order valence-electron chi connectivity index (χ3n) is 2.80. The van der Waals surface area contributed by atoms with E-state index in [0.29, 0.717) is 18.7 Å². The third-order valence-corrected chi connectivity index (χ3v) is 3.43. The molecule has 0 spiro atoms. The fourth-order valence-corrected chi connectivity index (χ4v) is 2.51. The van der Waals surface area contributed by atoms with Gasteiger partial charge in [-0.3, -0.25) is 0 Å². The quantitative estimate of drug-likeness (QED) is 0.898. The highest BCUT2D eigenvalue weighted by Crippen LogP contribution is 2.29. The number of carboxylic acid groups (broad SMARTS) is 1. The maximum Gasteiger partial charge on any atom is 0.328 e. The first-order chi connectivity index (χ1) is 8.63. The van der Waals surface area contributed by atoms with E-state index in [9.17, 15) is 9.90 Å². The molecule has 5 nitrogen and oxygen atoms in total. The molecule has 0 aromatic heterocycles. The van der Waals surface area contributed by atoms with E-state index >= 15 is 0 Å². The van der Waals surface area contributed by atoms with Gasteiger partial charge in [0.15, 0.2) is 6.04 Å². The van der Waals surface area contributed by atoms with E-state index in [-0.39, 0.29) is 6.61 Å². The minimum Gasteiger partial charge on any atom is -0.480 e. The van der Waals surface area contributed by atoms with Crippen molar-refractivity contribution in [3.63, 3.8) is 0 Å². The zero-order chi connectivity index (χ0) is 13.1. The predicted molar refractivity (Wildman–Crippen MR) is 68.4 cm³/mol. The lowest BCUT2D eigenvalue weighted by Crippen LogP contribution is -2.50. The van der Waals surface area contributed by atoms with Crippen LogP contribution in [0, 0.1) is 11.3 Å². The molecule has 2 rings (SSSR count). The summed E-state index contributed by atoms with van der Waals surface area (Å²) in [6, 6.07) is 6.46. The van der Waals surface area contributed by atoms with Gasteiger partial charge in [-0.25, -0.2) is 4.79 Å².